The number of fused-ring (bicyclic) bond motifs is 1. The lowest BCUT2D eigenvalue weighted by molar-refractivity contribution is -0.142. The number of carbonyl (C=O) groups excluding carboxylic acids is 3. The summed E-state index contributed by atoms with van der Waals surface area (Å²) >= 11 is 6.13. The summed E-state index contributed by atoms with van der Waals surface area (Å²) in [6, 6.07) is 3.16. The van der Waals surface area contributed by atoms with Gasteiger partial charge in [-0.05, 0) is 12.1 Å². The van der Waals surface area contributed by atoms with Gasteiger partial charge < -0.3 is 19.5 Å². The number of methoxy groups -OCH3 is 2. The van der Waals surface area contributed by atoms with Crippen molar-refractivity contribution in [3.63, 3.8) is 0 Å². The molecule has 0 saturated heterocycles. The van der Waals surface area contributed by atoms with Crippen LogP contribution in [0, 0.1) is 0 Å². The van der Waals surface area contributed by atoms with Crippen LogP contribution in [-0.4, -0.2) is 44.7 Å². The van der Waals surface area contributed by atoms with E-state index in [0.717, 1.165) is 5.56 Å². The van der Waals surface area contributed by atoms with Crippen molar-refractivity contribution in [3.05, 3.63) is 28.3 Å². The largest absolute Gasteiger partial charge is 0.486 e. The third-order valence-corrected chi connectivity index (χ3v) is 3.87. The number of amides is 1. The van der Waals surface area contributed by atoms with Crippen molar-refractivity contribution in [2.75, 3.05) is 20.8 Å². The molecule has 8 heteroatoms. The van der Waals surface area contributed by atoms with Gasteiger partial charge in [-0.1, -0.05) is 11.6 Å². The van der Waals surface area contributed by atoms with E-state index in [1.807, 2.05) is 0 Å². The van der Waals surface area contributed by atoms with Gasteiger partial charge in [-0.25, -0.2) is 4.79 Å². The molecule has 1 unspecified atom stereocenters. The van der Waals surface area contributed by atoms with Gasteiger partial charge in [-0.3, -0.25) is 9.59 Å². The number of benzene rings is 1. The van der Waals surface area contributed by atoms with Crippen molar-refractivity contribution in [1.29, 1.82) is 0 Å². The molecule has 0 radical (unpaired) electrons. The van der Waals surface area contributed by atoms with Crippen LogP contribution >= 0.6 is 11.6 Å². The van der Waals surface area contributed by atoms with Crippen LogP contribution in [0.15, 0.2) is 12.1 Å². The number of halogens is 1. The Bertz CT molecular complexity index is 660. The highest BCUT2D eigenvalue weighted by Gasteiger charge is 2.27. The number of esters is 2. The maximum Gasteiger partial charge on any atom is 0.337 e. The van der Waals surface area contributed by atoms with Gasteiger partial charge >= 0.3 is 11.9 Å². The summed E-state index contributed by atoms with van der Waals surface area (Å²) in [5.41, 5.74) is 1.14. The van der Waals surface area contributed by atoms with Gasteiger partial charge in [-0.2, -0.15) is 0 Å². The molecule has 24 heavy (non-hydrogen) atoms. The van der Waals surface area contributed by atoms with Gasteiger partial charge in [-0.15, -0.1) is 0 Å². The summed E-state index contributed by atoms with van der Waals surface area (Å²) in [6.07, 6.45) is 0.312. The van der Waals surface area contributed by atoms with E-state index >= 15 is 0 Å². The highest BCUT2D eigenvalue weighted by molar-refractivity contribution is 6.32. The number of carbonyl (C=O) groups is 3. The van der Waals surface area contributed by atoms with Crippen LogP contribution in [0.25, 0.3) is 0 Å². The van der Waals surface area contributed by atoms with Crippen molar-refractivity contribution < 1.29 is 28.6 Å². The lowest BCUT2D eigenvalue weighted by Gasteiger charge is -2.12. The van der Waals surface area contributed by atoms with Crippen LogP contribution in [0.1, 0.15) is 28.8 Å². The van der Waals surface area contributed by atoms with Gasteiger partial charge in [0.2, 0.25) is 5.91 Å². The average Bonchev–Trinajstić information content (AvgIpc) is 3.00. The zero-order valence-corrected chi connectivity index (χ0v) is 14.1. The smallest absolute Gasteiger partial charge is 0.337 e. The van der Waals surface area contributed by atoms with Crippen LogP contribution in [0.2, 0.25) is 5.02 Å². The summed E-state index contributed by atoms with van der Waals surface area (Å²) < 4.78 is 14.9. The minimum Gasteiger partial charge on any atom is -0.486 e. The van der Waals surface area contributed by atoms with Crippen molar-refractivity contribution in [3.8, 4) is 5.75 Å². The summed E-state index contributed by atoms with van der Waals surface area (Å²) in [5, 5.41) is 3.03. The Morgan fingerprint density at radius 2 is 2.00 bits per heavy atom. The molecule has 1 aliphatic rings. The Hall–Kier alpha value is -2.28. The molecular weight excluding hydrogens is 338 g/mol. The zero-order valence-electron chi connectivity index (χ0n) is 13.4. The fourth-order valence-corrected chi connectivity index (χ4v) is 2.65. The third kappa shape index (κ3) is 4.38. The third-order valence-electron chi connectivity index (χ3n) is 3.58. The second-order valence-electron chi connectivity index (χ2n) is 5.26. The highest BCUT2D eigenvalue weighted by atomic mass is 35.5. The molecule has 1 atom stereocenters. The molecule has 1 N–H and O–H groups in total. The van der Waals surface area contributed by atoms with Crippen LogP contribution in [-0.2, 0) is 25.5 Å². The Morgan fingerprint density at radius 3 is 2.67 bits per heavy atom. The molecule has 1 heterocycles. The molecule has 130 valence electrons. The van der Waals surface area contributed by atoms with Crippen molar-refractivity contribution in [1.82, 2.24) is 5.32 Å². The quantitative estimate of drug-likeness (QED) is 0.778. The lowest BCUT2D eigenvalue weighted by Crippen LogP contribution is -2.34. The molecule has 0 aliphatic carbocycles. The Labute approximate surface area is 144 Å². The molecule has 0 saturated carbocycles. The normalized spacial score (nSPS) is 15.2. The van der Waals surface area contributed by atoms with Crippen LogP contribution in [0.5, 0.6) is 5.75 Å². The first-order valence-corrected chi connectivity index (χ1v) is 7.73. The summed E-state index contributed by atoms with van der Waals surface area (Å²) in [4.78, 5) is 34.3. The molecule has 0 fully saturated rings. The maximum absolute atomic E-state index is 11.7. The molecular formula is C16H18ClNO6. The van der Waals surface area contributed by atoms with Gasteiger partial charge in [0.25, 0.3) is 0 Å². The van der Waals surface area contributed by atoms with Crippen molar-refractivity contribution in [2.24, 2.45) is 0 Å². The molecule has 2 rings (SSSR count). The van der Waals surface area contributed by atoms with E-state index in [1.165, 1.54) is 20.3 Å². The Morgan fingerprint density at radius 1 is 1.25 bits per heavy atom. The van der Waals surface area contributed by atoms with Gasteiger partial charge in [0.15, 0.2) is 0 Å². The van der Waals surface area contributed by atoms with E-state index in [2.05, 4.69) is 14.8 Å². The minimum atomic E-state index is -0.473. The van der Waals surface area contributed by atoms with Gasteiger partial charge in [0.1, 0.15) is 11.9 Å². The SMILES string of the molecule is COC(=O)CCC(=O)NCC1Cc2cc(C(=O)OC)cc(Cl)c2O1. The van der Waals surface area contributed by atoms with E-state index < -0.39 is 11.9 Å². The van der Waals surface area contributed by atoms with E-state index in [9.17, 15) is 14.4 Å². The second kappa shape index (κ2) is 8.01. The standard InChI is InChI=1S/C16H18ClNO6/c1-22-14(20)4-3-13(19)18-8-11-6-9-5-10(16(21)23-2)7-12(17)15(9)24-11/h5,7,11H,3-4,6,8H2,1-2H3,(H,18,19). The maximum atomic E-state index is 11.7. The van der Waals surface area contributed by atoms with Crippen molar-refractivity contribution >= 4 is 29.4 Å². The Balaban J connectivity index is 1.90. The summed E-state index contributed by atoms with van der Waals surface area (Å²) in [6.45, 7) is 0.276. The molecule has 7 nitrogen and oxygen atoms in total. The summed E-state index contributed by atoms with van der Waals surface area (Å²) in [7, 11) is 2.57. The van der Waals surface area contributed by atoms with Crippen molar-refractivity contribution in [2.45, 2.75) is 25.4 Å². The molecule has 0 aromatic heterocycles. The topological polar surface area (TPSA) is 90.9 Å². The number of nitrogens with one attached hydrogen (secondary N) is 1. The molecule has 1 aliphatic heterocycles. The van der Waals surface area contributed by atoms with E-state index in [-0.39, 0.29) is 31.4 Å². The van der Waals surface area contributed by atoms with Crippen LogP contribution < -0.4 is 10.1 Å². The first kappa shape index (κ1) is 18.1. The molecule has 1 aromatic carbocycles. The first-order valence-electron chi connectivity index (χ1n) is 7.35. The molecule has 0 spiro atoms. The number of ether oxygens (including phenoxy) is 3. The van der Waals surface area contributed by atoms with Crippen LogP contribution in [0.3, 0.4) is 0 Å². The Kier molecular flexibility index (Phi) is 6.03. The fourth-order valence-electron chi connectivity index (χ4n) is 2.37. The van der Waals surface area contributed by atoms with Gasteiger partial charge in [0, 0.05) is 18.4 Å². The number of hydrogen-bond acceptors (Lipinski definition) is 6. The van der Waals surface area contributed by atoms with Gasteiger partial charge in [0.05, 0.1) is 37.8 Å². The predicted molar refractivity (Wildman–Crippen MR) is 85.2 cm³/mol. The summed E-state index contributed by atoms with van der Waals surface area (Å²) in [5.74, 6) is -0.657. The molecule has 0 bridgehead atoms. The monoisotopic (exact) mass is 355 g/mol. The second-order valence-corrected chi connectivity index (χ2v) is 5.67. The van der Waals surface area contributed by atoms with Crippen LogP contribution in [0.4, 0.5) is 0 Å². The first-order chi connectivity index (χ1) is 11.4. The van der Waals surface area contributed by atoms with E-state index in [4.69, 9.17) is 16.3 Å². The zero-order chi connectivity index (χ0) is 17.7. The number of rotatable bonds is 6. The minimum absolute atomic E-state index is 0.0302. The number of hydrogen-bond donors (Lipinski definition) is 1. The van der Waals surface area contributed by atoms with E-state index in [1.54, 1.807) is 6.07 Å². The lowest BCUT2D eigenvalue weighted by atomic mass is 10.1. The fraction of sp³-hybridized carbons (Fsp3) is 0.438. The molecule has 1 amide bonds. The predicted octanol–water partition coefficient (Wildman–Crippen LogP) is 1.50. The average molecular weight is 356 g/mol. The molecule has 1 aromatic rings. The highest BCUT2D eigenvalue weighted by Crippen LogP contribution is 2.37. The van der Waals surface area contributed by atoms with E-state index in [0.29, 0.717) is 22.8 Å².